The lowest BCUT2D eigenvalue weighted by Crippen LogP contribution is -2.52. The van der Waals surface area contributed by atoms with Gasteiger partial charge >= 0.3 is 0 Å². The third-order valence-electron chi connectivity index (χ3n) is 11.2. The SMILES string of the molecule is COCOc1c(Br)c(C)cc2c(OC)c3c([C@H]4C[C@@H](N(C)C)[C@H](OCc5ccccc5)[C@@H](C)O4)ccc(O[Si](C(C)C)(C(C)C)C(C)C)c3c(OC)c12. The highest BCUT2D eigenvalue weighted by Gasteiger charge is 2.48. The molecule has 0 amide bonds. The van der Waals surface area contributed by atoms with Gasteiger partial charge in [-0.05, 0) is 95.7 Å². The van der Waals surface area contributed by atoms with Crippen LogP contribution in [0.1, 0.15) is 77.7 Å². The summed E-state index contributed by atoms with van der Waals surface area (Å²) in [4.78, 5) is 2.27. The van der Waals surface area contributed by atoms with Crippen molar-refractivity contribution in [2.45, 2.75) is 109 Å². The molecule has 1 saturated heterocycles. The van der Waals surface area contributed by atoms with Crippen molar-refractivity contribution in [1.82, 2.24) is 4.90 Å². The highest BCUT2D eigenvalue weighted by Crippen LogP contribution is 2.56. The van der Waals surface area contributed by atoms with Gasteiger partial charge in [-0.3, -0.25) is 0 Å². The fourth-order valence-electron chi connectivity index (χ4n) is 8.84. The molecular formula is C43H60BrNO7Si. The number of ether oxygens (including phenoxy) is 6. The Balaban J connectivity index is 1.80. The van der Waals surface area contributed by atoms with Crippen molar-refractivity contribution in [2.24, 2.45) is 0 Å². The van der Waals surface area contributed by atoms with Crippen LogP contribution in [0.4, 0.5) is 0 Å². The monoisotopic (exact) mass is 809 g/mol. The average molecular weight is 811 g/mol. The lowest BCUT2D eigenvalue weighted by atomic mass is 9.87. The molecule has 1 aliphatic rings. The number of hydrogen-bond donors (Lipinski definition) is 0. The molecule has 1 aliphatic heterocycles. The van der Waals surface area contributed by atoms with Crippen molar-refractivity contribution in [3.8, 4) is 23.0 Å². The summed E-state index contributed by atoms with van der Waals surface area (Å²) in [6.45, 7) is 18.6. The van der Waals surface area contributed by atoms with Crippen LogP contribution in [0.5, 0.6) is 23.0 Å². The molecule has 1 heterocycles. The molecule has 8 nitrogen and oxygen atoms in total. The molecule has 5 rings (SSSR count). The number of methoxy groups -OCH3 is 3. The predicted molar refractivity (Wildman–Crippen MR) is 222 cm³/mol. The van der Waals surface area contributed by atoms with Crippen molar-refractivity contribution >= 4 is 45.8 Å². The fourth-order valence-corrected chi connectivity index (χ4v) is 14.5. The molecule has 290 valence electrons. The number of fused-ring (bicyclic) bond motifs is 2. The van der Waals surface area contributed by atoms with Gasteiger partial charge in [0.05, 0.1) is 54.4 Å². The Morgan fingerprint density at radius 2 is 1.49 bits per heavy atom. The molecule has 1 fully saturated rings. The zero-order valence-electron chi connectivity index (χ0n) is 34.0. The number of rotatable bonds is 15. The van der Waals surface area contributed by atoms with Gasteiger partial charge in [0.2, 0.25) is 0 Å². The van der Waals surface area contributed by atoms with Crippen LogP contribution in [0, 0.1) is 6.92 Å². The molecule has 0 aromatic heterocycles. The van der Waals surface area contributed by atoms with E-state index < -0.39 is 8.32 Å². The topological polar surface area (TPSA) is 67.9 Å². The van der Waals surface area contributed by atoms with E-state index >= 15 is 0 Å². The van der Waals surface area contributed by atoms with Crippen molar-refractivity contribution in [1.29, 1.82) is 0 Å². The van der Waals surface area contributed by atoms with E-state index in [1.54, 1.807) is 21.3 Å². The minimum absolute atomic E-state index is 0.0708. The zero-order chi connectivity index (χ0) is 38.8. The first-order chi connectivity index (χ1) is 25.2. The van der Waals surface area contributed by atoms with Crippen molar-refractivity contribution < 1.29 is 32.8 Å². The standard InChI is InChI=1S/C43H60BrNO7Si/c1-25(2)53(26(3)4,27(5)6)52-34-20-19-31(35-22-33(45(9)10)40(29(8)51-35)49-23-30-17-15-14-16-18-30)36-38(34)42(48-13)37-32(41(36)47-12)21-28(7)39(44)43(37)50-24-46-11/h14-21,25-27,29,33,35,40H,22-24H2,1-13H3/t29-,33-,35-,40-/m1/s1. The Kier molecular flexibility index (Phi) is 13.5. The molecule has 0 saturated carbocycles. The quantitative estimate of drug-likeness (QED) is 0.0668. The molecule has 4 aromatic rings. The number of aryl methyl sites for hydroxylation is 1. The molecule has 0 spiro atoms. The van der Waals surface area contributed by atoms with E-state index in [0.717, 1.165) is 60.6 Å². The normalized spacial score (nSPS) is 19.6. The van der Waals surface area contributed by atoms with E-state index in [1.807, 2.05) is 18.2 Å². The lowest BCUT2D eigenvalue weighted by Gasteiger charge is -2.44. The van der Waals surface area contributed by atoms with Crippen LogP contribution in [0.3, 0.4) is 0 Å². The average Bonchev–Trinajstić information content (AvgIpc) is 3.12. The van der Waals surface area contributed by atoms with Crippen molar-refractivity contribution in [3.63, 3.8) is 0 Å². The summed E-state index contributed by atoms with van der Waals surface area (Å²) in [6, 6.07) is 16.9. The van der Waals surface area contributed by atoms with E-state index in [4.69, 9.17) is 32.8 Å². The Hall–Kier alpha value is -2.86. The maximum atomic E-state index is 7.54. The number of hydrogen-bond acceptors (Lipinski definition) is 8. The van der Waals surface area contributed by atoms with Gasteiger partial charge < -0.3 is 37.7 Å². The summed E-state index contributed by atoms with van der Waals surface area (Å²) >= 11 is 3.83. The molecule has 4 atom stereocenters. The molecular weight excluding hydrogens is 750 g/mol. The third kappa shape index (κ3) is 7.82. The molecule has 0 unspecified atom stereocenters. The first-order valence-corrected chi connectivity index (χ1v) is 21.8. The molecule has 0 aliphatic carbocycles. The van der Waals surface area contributed by atoms with Crippen molar-refractivity contribution in [3.05, 3.63) is 69.7 Å². The van der Waals surface area contributed by atoms with Gasteiger partial charge in [0.15, 0.2) is 6.79 Å². The second-order valence-electron chi connectivity index (χ2n) is 15.6. The highest BCUT2D eigenvalue weighted by atomic mass is 79.9. The number of benzene rings is 4. The van der Waals surface area contributed by atoms with Crippen LogP contribution in [0.15, 0.2) is 53.0 Å². The fraction of sp³-hybridized carbons (Fsp3) is 0.535. The summed E-state index contributed by atoms with van der Waals surface area (Å²) in [5.74, 6) is 2.80. The summed E-state index contributed by atoms with van der Waals surface area (Å²) in [6.07, 6.45) is 0.159. The van der Waals surface area contributed by atoms with Gasteiger partial charge in [0, 0.05) is 23.9 Å². The van der Waals surface area contributed by atoms with Gasteiger partial charge in [-0.15, -0.1) is 0 Å². The van der Waals surface area contributed by atoms with Crippen LogP contribution >= 0.6 is 15.9 Å². The van der Waals surface area contributed by atoms with E-state index in [9.17, 15) is 0 Å². The highest BCUT2D eigenvalue weighted by molar-refractivity contribution is 9.10. The van der Waals surface area contributed by atoms with Gasteiger partial charge in [-0.25, -0.2) is 0 Å². The van der Waals surface area contributed by atoms with E-state index in [-0.39, 0.29) is 31.1 Å². The van der Waals surface area contributed by atoms with E-state index in [2.05, 4.69) is 121 Å². The molecule has 10 heteroatoms. The summed E-state index contributed by atoms with van der Waals surface area (Å²) in [7, 11) is 6.91. The smallest absolute Gasteiger partial charge is 0.258 e. The van der Waals surface area contributed by atoms with Gasteiger partial charge in [-0.1, -0.05) is 77.9 Å². The zero-order valence-corrected chi connectivity index (χ0v) is 36.6. The first-order valence-electron chi connectivity index (χ1n) is 18.8. The van der Waals surface area contributed by atoms with E-state index in [1.165, 1.54) is 0 Å². The van der Waals surface area contributed by atoms with Crippen LogP contribution in [-0.2, 0) is 20.8 Å². The molecule has 0 bridgehead atoms. The van der Waals surface area contributed by atoms with Gasteiger partial charge in [0.1, 0.15) is 23.0 Å². The second kappa shape index (κ2) is 17.3. The van der Waals surface area contributed by atoms with Crippen LogP contribution in [0.25, 0.3) is 21.5 Å². The minimum atomic E-state index is -2.42. The summed E-state index contributed by atoms with van der Waals surface area (Å²) in [5.41, 5.74) is 4.24. The largest absolute Gasteiger partial charge is 0.542 e. The number of nitrogens with zero attached hydrogens (tertiary/aromatic N) is 1. The van der Waals surface area contributed by atoms with Crippen LogP contribution < -0.4 is 18.6 Å². The number of halogens is 1. The van der Waals surface area contributed by atoms with Crippen LogP contribution in [0.2, 0.25) is 16.6 Å². The lowest BCUT2D eigenvalue weighted by molar-refractivity contribution is -0.167. The molecule has 0 N–H and O–H groups in total. The second-order valence-corrected chi connectivity index (χ2v) is 21.7. The maximum Gasteiger partial charge on any atom is 0.258 e. The molecule has 4 aromatic carbocycles. The maximum absolute atomic E-state index is 7.54. The Morgan fingerprint density at radius 3 is 2.06 bits per heavy atom. The molecule has 0 radical (unpaired) electrons. The third-order valence-corrected chi connectivity index (χ3v) is 18.2. The Bertz CT molecular complexity index is 1840. The molecule has 53 heavy (non-hydrogen) atoms. The first kappa shape index (κ1) is 41.3. The van der Waals surface area contributed by atoms with Crippen molar-refractivity contribution in [2.75, 3.05) is 42.2 Å². The van der Waals surface area contributed by atoms with Crippen LogP contribution in [-0.4, -0.2) is 73.7 Å². The van der Waals surface area contributed by atoms with Gasteiger partial charge in [-0.2, -0.15) is 0 Å². The van der Waals surface area contributed by atoms with E-state index in [0.29, 0.717) is 34.7 Å². The Labute approximate surface area is 326 Å². The number of likely N-dealkylation sites (N-methyl/N-ethyl adjacent to an activating group) is 1. The summed E-state index contributed by atoms with van der Waals surface area (Å²) < 4.78 is 46.6. The van der Waals surface area contributed by atoms with Gasteiger partial charge in [0.25, 0.3) is 8.32 Å². The minimum Gasteiger partial charge on any atom is -0.542 e. The Morgan fingerprint density at radius 1 is 0.849 bits per heavy atom. The summed E-state index contributed by atoms with van der Waals surface area (Å²) in [5, 5.41) is 3.44. The predicted octanol–water partition coefficient (Wildman–Crippen LogP) is 11.0.